The van der Waals surface area contributed by atoms with Crippen molar-refractivity contribution < 1.29 is 4.42 Å². The number of nitrogens with one attached hydrogen (secondary N) is 1. The molecule has 6 nitrogen and oxygen atoms in total. The third kappa shape index (κ3) is 6.07. The van der Waals surface area contributed by atoms with Crippen molar-refractivity contribution in [3.05, 3.63) is 149 Å². The highest BCUT2D eigenvalue weighted by molar-refractivity contribution is 9.10. The van der Waals surface area contributed by atoms with Crippen molar-refractivity contribution in [3.63, 3.8) is 0 Å². The number of piperazine rings is 1. The van der Waals surface area contributed by atoms with Crippen molar-refractivity contribution in [2.75, 3.05) is 36.0 Å². The molecule has 1 fully saturated rings. The van der Waals surface area contributed by atoms with E-state index in [2.05, 4.69) is 165 Å². The summed E-state index contributed by atoms with van der Waals surface area (Å²) in [5.41, 5.74) is 6.89. The smallest absolute Gasteiger partial charge is 0.186 e. The van der Waals surface area contributed by atoms with Gasteiger partial charge in [-0.25, -0.2) is 9.98 Å². The number of fused-ring (bicyclic) bond motifs is 3. The molecular weight excluding hydrogens is 702 g/mol. The van der Waals surface area contributed by atoms with Gasteiger partial charge < -0.3 is 19.5 Å². The topological polar surface area (TPSA) is 56.9 Å². The van der Waals surface area contributed by atoms with Crippen molar-refractivity contribution in [1.29, 1.82) is 0 Å². The first kappa shape index (κ1) is 30.8. The van der Waals surface area contributed by atoms with Crippen LogP contribution in [-0.2, 0) is 0 Å². The molecule has 0 atom stereocenters. The van der Waals surface area contributed by atoms with Crippen LogP contribution in [0.25, 0.3) is 43.3 Å². The maximum absolute atomic E-state index is 6.66. The van der Waals surface area contributed by atoms with E-state index in [1.54, 1.807) is 11.3 Å². The normalized spacial score (nSPS) is 13.8. The molecule has 0 bridgehead atoms. The van der Waals surface area contributed by atoms with Gasteiger partial charge in [-0.2, -0.15) is 0 Å². The summed E-state index contributed by atoms with van der Waals surface area (Å²) in [6.07, 6.45) is 0. The zero-order chi connectivity index (χ0) is 33.4. The number of hydrogen-bond donors (Lipinski definition) is 1. The van der Waals surface area contributed by atoms with E-state index >= 15 is 0 Å². The number of nitrogens with zero attached hydrogens (tertiary/aromatic N) is 4. The molecular formula is C42H32BrN5OS. The molecule has 1 aliphatic heterocycles. The van der Waals surface area contributed by atoms with Gasteiger partial charge in [0.05, 0.1) is 21.3 Å². The first-order valence-electron chi connectivity index (χ1n) is 16.7. The summed E-state index contributed by atoms with van der Waals surface area (Å²) in [4.78, 5) is 14.8. The fourth-order valence-electron chi connectivity index (χ4n) is 6.58. The van der Waals surface area contributed by atoms with Gasteiger partial charge in [-0.05, 0) is 102 Å². The highest BCUT2D eigenvalue weighted by Crippen LogP contribution is 2.37. The second-order valence-electron chi connectivity index (χ2n) is 12.4. The third-order valence-electron chi connectivity index (χ3n) is 9.12. The SMILES string of the molecule is Brc1ccc(N(c2ccccc2)c2ccc(N=c3cc(-c4ccc5nc(N6CCNCC6)sc5c4)oc4cc5ccccc5cc34)cc2)cc1. The molecule has 0 saturated carbocycles. The second kappa shape index (κ2) is 13.2. The average molecular weight is 735 g/mol. The quantitative estimate of drug-likeness (QED) is 0.172. The van der Waals surface area contributed by atoms with E-state index < -0.39 is 0 Å². The van der Waals surface area contributed by atoms with Gasteiger partial charge in [0.2, 0.25) is 0 Å². The predicted octanol–water partition coefficient (Wildman–Crippen LogP) is 10.7. The summed E-state index contributed by atoms with van der Waals surface area (Å²) in [6.45, 7) is 3.91. The molecule has 0 radical (unpaired) electrons. The Kier molecular flexibility index (Phi) is 8.12. The van der Waals surface area contributed by atoms with Crippen LogP contribution < -0.4 is 20.5 Å². The molecule has 1 saturated heterocycles. The minimum Gasteiger partial charge on any atom is -0.456 e. The Bertz CT molecular complexity index is 2540. The first-order valence-corrected chi connectivity index (χ1v) is 18.3. The molecule has 2 aromatic heterocycles. The molecule has 1 N–H and O–H groups in total. The number of aromatic nitrogens is 1. The van der Waals surface area contributed by atoms with E-state index in [0.717, 1.165) is 107 Å². The molecule has 1 aliphatic rings. The summed E-state index contributed by atoms with van der Waals surface area (Å²) in [7, 11) is 0. The Morgan fingerprint density at radius 2 is 1.40 bits per heavy atom. The number of anilines is 4. The summed E-state index contributed by atoms with van der Waals surface area (Å²) >= 11 is 5.32. The summed E-state index contributed by atoms with van der Waals surface area (Å²) in [5.74, 6) is 0.771. The Morgan fingerprint density at radius 3 is 2.16 bits per heavy atom. The van der Waals surface area contributed by atoms with Crippen LogP contribution >= 0.6 is 27.3 Å². The summed E-state index contributed by atoms with van der Waals surface area (Å²) in [6, 6.07) is 48.4. The fourth-order valence-corrected chi connectivity index (χ4v) is 7.90. The van der Waals surface area contributed by atoms with Crippen LogP contribution in [0.2, 0.25) is 0 Å². The lowest BCUT2D eigenvalue weighted by atomic mass is 10.1. The maximum Gasteiger partial charge on any atom is 0.186 e. The largest absolute Gasteiger partial charge is 0.456 e. The van der Waals surface area contributed by atoms with E-state index in [4.69, 9.17) is 14.4 Å². The highest BCUT2D eigenvalue weighted by atomic mass is 79.9. The van der Waals surface area contributed by atoms with Gasteiger partial charge in [-0.3, -0.25) is 0 Å². The molecule has 9 rings (SSSR count). The lowest BCUT2D eigenvalue weighted by Gasteiger charge is -2.26. The molecule has 3 heterocycles. The number of hydrogen-bond acceptors (Lipinski definition) is 7. The molecule has 0 spiro atoms. The van der Waals surface area contributed by atoms with Crippen LogP contribution in [0.3, 0.4) is 0 Å². The zero-order valence-corrected chi connectivity index (χ0v) is 29.5. The van der Waals surface area contributed by atoms with E-state index in [1.807, 2.05) is 6.07 Å². The van der Waals surface area contributed by atoms with Gasteiger partial charge in [-0.15, -0.1) is 0 Å². The van der Waals surface area contributed by atoms with E-state index in [-0.39, 0.29) is 0 Å². The number of thiazole rings is 1. The number of para-hydroxylation sites is 1. The van der Waals surface area contributed by atoms with Gasteiger partial charge in [0.1, 0.15) is 11.3 Å². The Balaban J connectivity index is 1.14. The molecule has 50 heavy (non-hydrogen) atoms. The van der Waals surface area contributed by atoms with Crippen molar-refractivity contribution in [1.82, 2.24) is 10.3 Å². The van der Waals surface area contributed by atoms with E-state index in [9.17, 15) is 0 Å². The third-order valence-corrected chi connectivity index (χ3v) is 10.7. The van der Waals surface area contributed by atoms with E-state index in [0.29, 0.717) is 0 Å². The van der Waals surface area contributed by atoms with Crippen LogP contribution in [-0.4, -0.2) is 31.2 Å². The number of rotatable bonds is 6. The molecule has 0 aliphatic carbocycles. The van der Waals surface area contributed by atoms with Crippen LogP contribution in [0.1, 0.15) is 0 Å². The van der Waals surface area contributed by atoms with Crippen LogP contribution in [0, 0.1) is 0 Å². The van der Waals surface area contributed by atoms with Crippen molar-refractivity contribution in [2.24, 2.45) is 4.99 Å². The molecule has 8 aromatic rings. The monoisotopic (exact) mass is 733 g/mol. The predicted molar refractivity (Wildman–Crippen MR) is 211 cm³/mol. The van der Waals surface area contributed by atoms with Gasteiger partial charge in [-0.1, -0.05) is 69.7 Å². The summed E-state index contributed by atoms with van der Waals surface area (Å²) < 4.78 is 8.85. The minimum absolute atomic E-state index is 0.771. The Labute approximate surface area is 302 Å². The zero-order valence-electron chi connectivity index (χ0n) is 27.1. The Hall–Kier alpha value is -5.28. The minimum atomic E-state index is 0.771. The molecule has 0 amide bonds. The second-order valence-corrected chi connectivity index (χ2v) is 14.3. The highest BCUT2D eigenvalue weighted by Gasteiger charge is 2.17. The van der Waals surface area contributed by atoms with Crippen molar-refractivity contribution >= 4 is 87.1 Å². The van der Waals surface area contributed by atoms with Gasteiger partial charge in [0.15, 0.2) is 5.13 Å². The number of halogens is 1. The van der Waals surface area contributed by atoms with Crippen LogP contribution in [0.4, 0.5) is 27.9 Å². The van der Waals surface area contributed by atoms with Crippen LogP contribution in [0.5, 0.6) is 0 Å². The maximum atomic E-state index is 6.66. The lowest BCUT2D eigenvalue weighted by Crippen LogP contribution is -2.43. The standard InChI is InChI=1S/C42H32BrN5OS/c43-31-11-15-34(16-12-31)48(33-8-2-1-3-9-33)35-17-13-32(14-18-35)45-38-27-39(49-40-25-29-7-5-4-6-28(29)24-36(38)40)30-10-19-37-41(26-30)50-42(46-37)47-22-20-44-21-23-47/h1-19,24-27,44H,20-23H2. The Morgan fingerprint density at radius 1 is 0.720 bits per heavy atom. The van der Waals surface area contributed by atoms with Crippen LogP contribution in [0.15, 0.2) is 153 Å². The van der Waals surface area contributed by atoms with E-state index in [1.165, 1.54) is 0 Å². The van der Waals surface area contributed by atoms with Gasteiger partial charge >= 0.3 is 0 Å². The molecule has 244 valence electrons. The average Bonchev–Trinajstić information content (AvgIpc) is 3.60. The van der Waals surface area contributed by atoms with Gasteiger partial charge in [0.25, 0.3) is 0 Å². The lowest BCUT2D eigenvalue weighted by molar-refractivity contribution is 0.588. The molecule has 6 aromatic carbocycles. The number of benzene rings is 6. The molecule has 8 heteroatoms. The first-order chi connectivity index (χ1) is 24.6. The van der Waals surface area contributed by atoms with Gasteiger partial charge in [0, 0.05) is 64.7 Å². The molecule has 0 unspecified atom stereocenters. The fraction of sp³-hybridized carbons (Fsp3) is 0.0952. The summed E-state index contributed by atoms with van der Waals surface area (Å²) in [5, 5.41) is 8.61. The van der Waals surface area contributed by atoms with Crippen molar-refractivity contribution in [2.45, 2.75) is 0 Å². The van der Waals surface area contributed by atoms with Crippen molar-refractivity contribution in [3.8, 4) is 11.3 Å².